The van der Waals surface area contributed by atoms with Gasteiger partial charge in [0.2, 0.25) is 0 Å². The Hall–Kier alpha value is -3.54. The van der Waals surface area contributed by atoms with Crippen molar-refractivity contribution >= 4 is 17.5 Å². The fourth-order valence-electron chi connectivity index (χ4n) is 2.98. The first kappa shape index (κ1) is 20.2. The van der Waals surface area contributed by atoms with Crippen LogP contribution in [0.2, 0.25) is 0 Å². The summed E-state index contributed by atoms with van der Waals surface area (Å²) in [5.74, 6) is -0.493. The fourth-order valence-corrected chi connectivity index (χ4v) is 2.98. The van der Waals surface area contributed by atoms with Gasteiger partial charge in [-0.15, -0.1) is 0 Å². The Kier molecular flexibility index (Phi) is 6.34. The summed E-state index contributed by atoms with van der Waals surface area (Å²) in [7, 11) is 1.73. The Balaban J connectivity index is 1.67. The molecule has 0 bridgehead atoms. The van der Waals surface area contributed by atoms with E-state index >= 15 is 0 Å². The lowest BCUT2D eigenvalue weighted by Crippen LogP contribution is -2.29. The Morgan fingerprint density at radius 3 is 2.48 bits per heavy atom. The summed E-state index contributed by atoms with van der Waals surface area (Å²) in [4.78, 5) is 35.1. The molecule has 0 spiro atoms. The van der Waals surface area contributed by atoms with Crippen molar-refractivity contribution in [3.8, 4) is 0 Å². The molecule has 0 saturated heterocycles. The molecule has 0 saturated carbocycles. The molecule has 6 nitrogen and oxygen atoms in total. The molecule has 1 aromatic carbocycles. The fraction of sp³-hybridized carbons (Fsp3) is 0.217. The van der Waals surface area contributed by atoms with E-state index in [2.05, 4.69) is 15.3 Å². The minimum Gasteiger partial charge on any atom is -0.340 e. The highest BCUT2D eigenvalue weighted by Crippen LogP contribution is 2.17. The summed E-state index contributed by atoms with van der Waals surface area (Å²) in [6, 6.07) is 12.8. The third-order valence-electron chi connectivity index (χ3n) is 4.70. The predicted octanol–water partition coefficient (Wildman–Crippen LogP) is 3.66. The van der Waals surface area contributed by atoms with E-state index in [-0.39, 0.29) is 17.5 Å². The van der Waals surface area contributed by atoms with Gasteiger partial charge in [0.1, 0.15) is 5.69 Å². The quantitative estimate of drug-likeness (QED) is 0.699. The molecule has 2 aromatic heterocycles. The SMILES string of the molecule is Cc1ccc(NC(=O)c2ccnc(C(=O)N(C)CCc3ccncc3)c2)c(C)c1. The Bertz CT molecular complexity index is 1020. The van der Waals surface area contributed by atoms with Crippen molar-refractivity contribution in [2.75, 3.05) is 18.9 Å². The number of rotatable bonds is 6. The van der Waals surface area contributed by atoms with Crippen LogP contribution in [0.15, 0.2) is 61.1 Å². The first-order valence-electron chi connectivity index (χ1n) is 9.43. The van der Waals surface area contributed by atoms with Gasteiger partial charge in [0, 0.05) is 43.4 Å². The number of likely N-dealkylation sites (N-methyl/N-ethyl adjacent to an activating group) is 1. The molecule has 2 heterocycles. The molecule has 29 heavy (non-hydrogen) atoms. The highest BCUT2D eigenvalue weighted by Gasteiger charge is 2.16. The maximum atomic E-state index is 12.7. The number of nitrogens with zero attached hydrogens (tertiary/aromatic N) is 3. The molecule has 0 radical (unpaired) electrons. The van der Waals surface area contributed by atoms with Crippen LogP contribution in [-0.2, 0) is 6.42 Å². The molecule has 3 aromatic rings. The Labute approximate surface area is 170 Å². The van der Waals surface area contributed by atoms with Gasteiger partial charge in [-0.2, -0.15) is 0 Å². The van der Waals surface area contributed by atoms with Crippen molar-refractivity contribution in [2.24, 2.45) is 0 Å². The summed E-state index contributed by atoms with van der Waals surface area (Å²) >= 11 is 0. The third-order valence-corrected chi connectivity index (χ3v) is 4.70. The van der Waals surface area contributed by atoms with Crippen LogP contribution in [0.25, 0.3) is 0 Å². The zero-order valence-electron chi connectivity index (χ0n) is 16.8. The standard InChI is InChI=1S/C23H24N4O2/c1-16-4-5-20(17(2)14-16)26-22(28)19-8-12-25-21(15-19)23(29)27(3)13-9-18-6-10-24-11-7-18/h4-8,10-12,14-15H,9,13H2,1-3H3,(H,26,28). The number of aryl methyl sites for hydroxylation is 2. The smallest absolute Gasteiger partial charge is 0.272 e. The lowest BCUT2D eigenvalue weighted by Gasteiger charge is -2.17. The van der Waals surface area contributed by atoms with Gasteiger partial charge in [0.05, 0.1) is 0 Å². The second-order valence-corrected chi connectivity index (χ2v) is 7.03. The Morgan fingerprint density at radius 2 is 1.76 bits per heavy atom. The zero-order chi connectivity index (χ0) is 20.8. The summed E-state index contributed by atoms with van der Waals surface area (Å²) < 4.78 is 0. The molecular weight excluding hydrogens is 364 g/mol. The number of carbonyl (C=O) groups is 2. The van der Waals surface area contributed by atoms with Crippen LogP contribution in [0, 0.1) is 13.8 Å². The van der Waals surface area contributed by atoms with E-state index in [1.807, 2.05) is 44.2 Å². The molecule has 3 rings (SSSR count). The van der Waals surface area contributed by atoms with Crippen LogP contribution in [-0.4, -0.2) is 40.3 Å². The van der Waals surface area contributed by atoms with Crippen LogP contribution >= 0.6 is 0 Å². The van der Waals surface area contributed by atoms with Crippen LogP contribution in [0.1, 0.15) is 37.5 Å². The molecule has 148 valence electrons. The topological polar surface area (TPSA) is 75.2 Å². The molecule has 6 heteroatoms. The summed E-state index contributed by atoms with van der Waals surface area (Å²) in [5.41, 5.74) is 4.61. The summed E-state index contributed by atoms with van der Waals surface area (Å²) in [6.45, 7) is 4.50. The second-order valence-electron chi connectivity index (χ2n) is 7.03. The van der Waals surface area contributed by atoms with Crippen molar-refractivity contribution in [1.29, 1.82) is 0 Å². The number of hydrogen-bond donors (Lipinski definition) is 1. The third kappa shape index (κ3) is 5.25. The number of hydrogen-bond acceptors (Lipinski definition) is 4. The van der Waals surface area contributed by atoms with Crippen molar-refractivity contribution < 1.29 is 9.59 Å². The van der Waals surface area contributed by atoms with E-state index in [1.165, 1.54) is 12.3 Å². The van der Waals surface area contributed by atoms with Crippen LogP contribution in [0.4, 0.5) is 5.69 Å². The number of carbonyl (C=O) groups excluding carboxylic acids is 2. The predicted molar refractivity (Wildman–Crippen MR) is 113 cm³/mol. The number of pyridine rings is 2. The van der Waals surface area contributed by atoms with Crippen LogP contribution < -0.4 is 5.32 Å². The minimum absolute atomic E-state index is 0.222. The molecule has 0 fully saturated rings. The zero-order valence-corrected chi connectivity index (χ0v) is 16.8. The molecule has 0 unspecified atom stereocenters. The lowest BCUT2D eigenvalue weighted by atomic mass is 10.1. The maximum Gasteiger partial charge on any atom is 0.272 e. The first-order chi connectivity index (χ1) is 13.9. The van der Waals surface area contributed by atoms with Crippen molar-refractivity contribution in [3.63, 3.8) is 0 Å². The largest absolute Gasteiger partial charge is 0.340 e. The molecule has 2 amide bonds. The van der Waals surface area contributed by atoms with Crippen molar-refractivity contribution in [2.45, 2.75) is 20.3 Å². The average Bonchev–Trinajstić information content (AvgIpc) is 2.74. The Morgan fingerprint density at radius 1 is 1.00 bits per heavy atom. The van der Waals surface area contributed by atoms with Gasteiger partial charge in [0.25, 0.3) is 11.8 Å². The molecule has 0 aliphatic carbocycles. The average molecular weight is 388 g/mol. The van der Waals surface area contributed by atoms with Gasteiger partial charge in [0.15, 0.2) is 0 Å². The number of benzene rings is 1. The molecule has 1 N–H and O–H groups in total. The number of nitrogens with one attached hydrogen (secondary N) is 1. The highest BCUT2D eigenvalue weighted by molar-refractivity contribution is 6.06. The highest BCUT2D eigenvalue weighted by atomic mass is 16.2. The normalized spacial score (nSPS) is 10.4. The lowest BCUT2D eigenvalue weighted by molar-refractivity contribution is 0.0791. The van der Waals surface area contributed by atoms with E-state index in [9.17, 15) is 9.59 Å². The van der Waals surface area contributed by atoms with Crippen LogP contribution in [0.5, 0.6) is 0 Å². The molecule has 0 aliphatic rings. The van der Waals surface area contributed by atoms with E-state index in [1.54, 1.807) is 30.4 Å². The monoisotopic (exact) mass is 388 g/mol. The van der Waals surface area contributed by atoms with Gasteiger partial charge in [-0.25, -0.2) is 0 Å². The van der Waals surface area contributed by atoms with E-state index < -0.39 is 0 Å². The first-order valence-corrected chi connectivity index (χ1v) is 9.43. The van der Waals surface area contributed by atoms with E-state index in [0.717, 1.165) is 28.8 Å². The number of anilines is 1. The van der Waals surface area contributed by atoms with Gasteiger partial charge >= 0.3 is 0 Å². The summed E-state index contributed by atoms with van der Waals surface area (Å²) in [5, 5.41) is 2.90. The van der Waals surface area contributed by atoms with E-state index in [4.69, 9.17) is 0 Å². The van der Waals surface area contributed by atoms with Crippen LogP contribution in [0.3, 0.4) is 0 Å². The van der Waals surface area contributed by atoms with E-state index in [0.29, 0.717) is 12.1 Å². The van der Waals surface area contributed by atoms with Gasteiger partial charge in [-0.1, -0.05) is 17.7 Å². The molecular formula is C23H24N4O2. The number of aromatic nitrogens is 2. The molecule has 0 atom stereocenters. The van der Waals surface area contributed by atoms with Crippen molar-refractivity contribution in [3.05, 3.63) is 89.0 Å². The second kappa shape index (κ2) is 9.10. The minimum atomic E-state index is -0.271. The van der Waals surface area contributed by atoms with Gasteiger partial charge < -0.3 is 10.2 Å². The molecule has 0 aliphatic heterocycles. The van der Waals surface area contributed by atoms with Gasteiger partial charge in [-0.05, 0) is 61.7 Å². The van der Waals surface area contributed by atoms with Gasteiger partial charge in [-0.3, -0.25) is 19.6 Å². The maximum absolute atomic E-state index is 12.7. The van der Waals surface area contributed by atoms with Crippen molar-refractivity contribution in [1.82, 2.24) is 14.9 Å². The number of amides is 2. The summed E-state index contributed by atoms with van der Waals surface area (Å²) in [6.07, 6.45) is 5.67.